The van der Waals surface area contributed by atoms with Gasteiger partial charge in [0, 0.05) is 11.3 Å². The summed E-state index contributed by atoms with van der Waals surface area (Å²) >= 11 is 1.53. The number of nitrogens with zero attached hydrogens (tertiary/aromatic N) is 4. The molecular weight excluding hydrogens is 316 g/mol. The van der Waals surface area contributed by atoms with Crippen LogP contribution in [0.5, 0.6) is 5.88 Å². The third kappa shape index (κ3) is 2.63. The van der Waals surface area contributed by atoms with Crippen LogP contribution in [0.25, 0.3) is 11.7 Å². The lowest BCUT2D eigenvalue weighted by atomic mass is 10.3. The van der Waals surface area contributed by atoms with Crippen molar-refractivity contribution in [3.8, 4) is 5.88 Å². The molecule has 3 N–H and O–H groups in total. The molecule has 0 radical (unpaired) electrons. The summed E-state index contributed by atoms with van der Waals surface area (Å²) < 4.78 is 1.69. The van der Waals surface area contributed by atoms with Crippen LogP contribution in [-0.4, -0.2) is 42.0 Å². The number of fused-ring (bicyclic) bond motifs is 1. The van der Waals surface area contributed by atoms with Crippen LogP contribution in [0.1, 0.15) is 18.5 Å². The largest absolute Gasteiger partial charge is 0.493 e. The quantitative estimate of drug-likeness (QED) is 0.454. The second-order valence-corrected chi connectivity index (χ2v) is 6.16. The second-order valence-electron chi connectivity index (χ2n) is 5.34. The van der Waals surface area contributed by atoms with Gasteiger partial charge in [0.05, 0.1) is 12.2 Å². The Morgan fingerprint density at radius 2 is 2.30 bits per heavy atom. The summed E-state index contributed by atoms with van der Waals surface area (Å²) in [5, 5.41) is 15.6. The summed E-state index contributed by atoms with van der Waals surface area (Å²) in [4.78, 5) is 25.3. The van der Waals surface area contributed by atoms with Gasteiger partial charge in [0.1, 0.15) is 10.7 Å². The van der Waals surface area contributed by atoms with E-state index in [1.54, 1.807) is 16.8 Å². The Kier molecular flexibility index (Phi) is 3.22. The highest BCUT2D eigenvalue weighted by atomic mass is 32.2. The number of H-pyrrole nitrogens is 2. The fraction of sp³-hybridized carbons (Fsp3) is 0.286. The van der Waals surface area contributed by atoms with Crippen LogP contribution in [-0.2, 0) is 0 Å². The highest BCUT2D eigenvalue weighted by Gasteiger charge is 2.20. The van der Waals surface area contributed by atoms with Gasteiger partial charge < -0.3 is 10.1 Å². The molecule has 0 bridgehead atoms. The Balaban J connectivity index is 1.98. The highest BCUT2D eigenvalue weighted by molar-refractivity contribution is 7.98. The minimum absolute atomic E-state index is 0.210. The fourth-order valence-electron chi connectivity index (χ4n) is 2.28. The Morgan fingerprint density at radius 1 is 1.48 bits per heavy atom. The molecule has 1 aliphatic rings. The number of hydrogen-bond donors (Lipinski definition) is 3. The normalized spacial score (nSPS) is 16.6. The average Bonchev–Trinajstić information content (AvgIpc) is 3.16. The molecule has 0 atom stereocenters. The number of aromatic hydroxyl groups is 1. The van der Waals surface area contributed by atoms with Gasteiger partial charge in [-0.1, -0.05) is 0 Å². The maximum Gasteiger partial charge on any atom is 0.326 e. The summed E-state index contributed by atoms with van der Waals surface area (Å²) in [7, 11) is 0. The lowest BCUT2D eigenvalue weighted by molar-refractivity contribution is 0.454. The van der Waals surface area contributed by atoms with E-state index in [0.29, 0.717) is 22.6 Å². The predicted molar refractivity (Wildman–Crippen MR) is 85.2 cm³/mol. The minimum Gasteiger partial charge on any atom is -0.493 e. The molecule has 118 valence electrons. The van der Waals surface area contributed by atoms with E-state index in [0.717, 1.165) is 23.4 Å². The topological polar surface area (TPSA) is 111 Å². The second kappa shape index (κ2) is 5.27. The summed E-state index contributed by atoms with van der Waals surface area (Å²) in [6.45, 7) is 0. The zero-order valence-electron chi connectivity index (χ0n) is 12.3. The molecule has 0 aliphatic heterocycles. The van der Waals surface area contributed by atoms with Crippen molar-refractivity contribution >= 4 is 23.5 Å². The molecule has 1 saturated carbocycles. The van der Waals surface area contributed by atoms with Gasteiger partial charge in [-0.2, -0.15) is 9.61 Å². The third-order valence-electron chi connectivity index (χ3n) is 3.56. The Morgan fingerprint density at radius 3 is 2.96 bits per heavy atom. The SMILES string of the molecule is CSc1cc(=NC2CC2)n2nc/c(=C/c3[nH]c(=O)[nH]c3O)c2n1. The fourth-order valence-corrected chi connectivity index (χ4v) is 2.68. The van der Waals surface area contributed by atoms with Gasteiger partial charge >= 0.3 is 5.69 Å². The van der Waals surface area contributed by atoms with E-state index < -0.39 is 5.69 Å². The molecule has 1 aliphatic carbocycles. The van der Waals surface area contributed by atoms with E-state index in [1.165, 1.54) is 11.8 Å². The maximum absolute atomic E-state index is 11.2. The molecule has 0 spiro atoms. The van der Waals surface area contributed by atoms with Crippen molar-refractivity contribution < 1.29 is 5.11 Å². The summed E-state index contributed by atoms with van der Waals surface area (Å²) in [5.41, 5.74) is 1.24. The monoisotopic (exact) mass is 330 g/mol. The summed E-state index contributed by atoms with van der Waals surface area (Å²) in [6.07, 6.45) is 7.44. The molecule has 0 amide bonds. The van der Waals surface area contributed by atoms with E-state index in [2.05, 4.69) is 25.0 Å². The predicted octanol–water partition coefficient (Wildman–Crippen LogP) is -0.216. The van der Waals surface area contributed by atoms with Crippen LogP contribution in [0.3, 0.4) is 0 Å². The van der Waals surface area contributed by atoms with Gasteiger partial charge in [0.2, 0.25) is 5.88 Å². The van der Waals surface area contributed by atoms with Crippen molar-refractivity contribution in [2.24, 2.45) is 4.99 Å². The summed E-state index contributed by atoms with van der Waals surface area (Å²) in [6, 6.07) is 2.29. The number of nitrogens with one attached hydrogen (secondary N) is 2. The van der Waals surface area contributed by atoms with Gasteiger partial charge in [0.25, 0.3) is 0 Å². The minimum atomic E-state index is -0.465. The zero-order chi connectivity index (χ0) is 16.0. The lowest BCUT2D eigenvalue weighted by Gasteiger charge is -1.99. The van der Waals surface area contributed by atoms with Gasteiger partial charge in [-0.25, -0.2) is 9.78 Å². The first-order valence-corrected chi connectivity index (χ1v) is 8.36. The van der Waals surface area contributed by atoms with E-state index in [9.17, 15) is 9.90 Å². The van der Waals surface area contributed by atoms with Crippen molar-refractivity contribution in [2.75, 3.05) is 6.26 Å². The van der Waals surface area contributed by atoms with E-state index in [-0.39, 0.29) is 5.88 Å². The number of aromatic amines is 2. The highest BCUT2D eigenvalue weighted by Crippen LogP contribution is 2.22. The van der Waals surface area contributed by atoms with Crippen LogP contribution in [0.15, 0.2) is 27.1 Å². The van der Waals surface area contributed by atoms with Crippen molar-refractivity contribution in [3.05, 3.63) is 39.1 Å². The maximum atomic E-state index is 11.2. The Bertz CT molecular complexity index is 1060. The standard InChI is InChI=1S/C14H14N6O2S/c1-23-11-5-10(16-8-2-3-8)20-12(18-11)7(6-15-20)4-9-13(21)19-14(22)17-9/h4-6,8,21H,2-3H2,1H3,(H2,17,19,22)/b7-4-,16-10?. The van der Waals surface area contributed by atoms with Crippen LogP contribution < -0.4 is 16.4 Å². The van der Waals surface area contributed by atoms with E-state index in [1.807, 2.05) is 12.3 Å². The number of imidazole rings is 1. The van der Waals surface area contributed by atoms with Crippen LogP contribution >= 0.6 is 11.8 Å². The number of thioether (sulfide) groups is 1. The van der Waals surface area contributed by atoms with Crippen LogP contribution in [0.2, 0.25) is 0 Å². The van der Waals surface area contributed by atoms with Gasteiger partial charge in [-0.3, -0.25) is 9.98 Å². The number of hydrogen-bond acceptors (Lipinski definition) is 6. The molecule has 0 unspecified atom stereocenters. The van der Waals surface area contributed by atoms with Gasteiger partial charge in [0.15, 0.2) is 11.1 Å². The molecular formula is C14H14N6O2S. The molecule has 9 heteroatoms. The summed E-state index contributed by atoms with van der Waals surface area (Å²) in [5.74, 6) is -0.210. The van der Waals surface area contributed by atoms with E-state index in [4.69, 9.17) is 0 Å². The molecule has 0 aromatic carbocycles. The van der Waals surface area contributed by atoms with Crippen LogP contribution in [0.4, 0.5) is 0 Å². The number of rotatable bonds is 3. The third-order valence-corrected chi connectivity index (χ3v) is 4.19. The zero-order valence-corrected chi connectivity index (χ0v) is 13.1. The molecule has 3 heterocycles. The van der Waals surface area contributed by atoms with Crippen molar-refractivity contribution in [1.82, 2.24) is 24.6 Å². The molecule has 0 saturated heterocycles. The lowest BCUT2D eigenvalue weighted by Crippen LogP contribution is -2.19. The first kappa shape index (κ1) is 14.1. The van der Waals surface area contributed by atoms with Crippen molar-refractivity contribution in [1.29, 1.82) is 0 Å². The smallest absolute Gasteiger partial charge is 0.326 e. The van der Waals surface area contributed by atoms with Gasteiger partial charge in [-0.15, -0.1) is 11.8 Å². The average molecular weight is 330 g/mol. The van der Waals surface area contributed by atoms with Gasteiger partial charge in [-0.05, 0) is 25.2 Å². The van der Waals surface area contributed by atoms with E-state index >= 15 is 0 Å². The van der Waals surface area contributed by atoms with Crippen molar-refractivity contribution in [2.45, 2.75) is 23.9 Å². The molecule has 1 fully saturated rings. The molecule has 23 heavy (non-hydrogen) atoms. The van der Waals surface area contributed by atoms with Crippen molar-refractivity contribution in [3.63, 3.8) is 0 Å². The Hall–Kier alpha value is -2.55. The first-order valence-electron chi connectivity index (χ1n) is 7.13. The first-order chi connectivity index (χ1) is 11.1. The molecule has 3 aromatic rings. The van der Waals surface area contributed by atoms with Crippen LogP contribution in [0, 0.1) is 0 Å². The molecule has 4 rings (SSSR count). The Labute approximate surface area is 134 Å². The molecule has 3 aromatic heterocycles. The molecule has 8 nitrogen and oxygen atoms in total. The number of aromatic nitrogens is 5.